The molecule has 0 radical (unpaired) electrons. The maximum atomic E-state index is 11.2. The lowest BCUT2D eigenvalue weighted by atomic mass is 9.95. The molecule has 0 aromatic carbocycles. The number of piperidine rings is 1. The minimum atomic E-state index is -0.591. The van der Waals surface area contributed by atoms with Crippen molar-refractivity contribution >= 4 is 11.7 Å². The average molecular weight is 327 g/mol. The number of fused-ring (bicyclic) bond motifs is 1. The van der Waals surface area contributed by atoms with Gasteiger partial charge in [0.05, 0.1) is 6.04 Å². The Kier molecular flexibility index (Phi) is 3.87. The molecule has 0 saturated carbocycles. The van der Waals surface area contributed by atoms with Crippen LogP contribution in [0.4, 0.5) is 5.82 Å². The zero-order valence-corrected chi connectivity index (χ0v) is 13.6. The largest absolute Gasteiger partial charge is 0.363 e. The molecule has 2 aromatic heterocycles. The fourth-order valence-corrected chi connectivity index (χ4v) is 3.70. The van der Waals surface area contributed by atoms with Gasteiger partial charge in [0.25, 0.3) is 5.91 Å². The molecule has 8 nitrogen and oxygen atoms in total. The standard InChI is InChI=1S/C16H21N7O/c17-14(24)15-20-10-23(21-15)11-4-3-7-22(8-11)16-12-5-1-2-6-13(12)18-9-19-16/h9-11H,1-8H2,(H2,17,24). The fraction of sp³-hybridized carbons (Fsp3) is 0.562. The third-order valence-corrected chi connectivity index (χ3v) is 4.90. The molecule has 4 rings (SSSR count). The Morgan fingerprint density at radius 2 is 2.04 bits per heavy atom. The average Bonchev–Trinajstić information content (AvgIpc) is 3.12. The molecule has 126 valence electrons. The van der Waals surface area contributed by atoms with Crippen LogP contribution in [0.2, 0.25) is 0 Å². The zero-order valence-electron chi connectivity index (χ0n) is 13.6. The summed E-state index contributed by atoms with van der Waals surface area (Å²) in [5.41, 5.74) is 7.75. The highest BCUT2D eigenvalue weighted by atomic mass is 16.1. The molecule has 2 aliphatic rings. The van der Waals surface area contributed by atoms with Gasteiger partial charge in [-0.25, -0.2) is 19.6 Å². The number of hydrogen-bond acceptors (Lipinski definition) is 6. The van der Waals surface area contributed by atoms with Gasteiger partial charge in [-0.3, -0.25) is 4.79 Å². The van der Waals surface area contributed by atoms with Crippen molar-refractivity contribution in [3.8, 4) is 0 Å². The number of rotatable bonds is 3. The van der Waals surface area contributed by atoms with Gasteiger partial charge in [0.1, 0.15) is 18.5 Å². The van der Waals surface area contributed by atoms with Crippen LogP contribution in [0.25, 0.3) is 0 Å². The van der Waals surface area contributed by atoms with E-state index in [0.29, 0.717) is 0 Å². The third kappa shape index (κ3) is 2.72. The number of nitrogens with zero attached hydrogens (tertiary/aromatic N) is 6. The van der Waals surface area contributed by atoms with Crippen LogP contribution in [0.1, 0.15) is 53.6 Å². The van der Waals surface area contributed by atoms with Gasteiger partial charge in [0, 0.05) is 24.3 Å². The monoisotopic (exact) mass is 327 g/mol. The predicted octanol–water partition coefficient (Wildman–Crippen LogP) is 0.887. The van der Waals surface area contributed by atoms with E-state index in [2.05, 4.69) is 25.0 Å². The summed E-state index contributed by atoms with van der Waals surface area (Å²) in [5, 5.41) is 4.22. The minimum Gasteiger partial charge on any atom is -0.363 e. The number of nitrogens with two attached hydrogens (primary N) is 1. The van der Waals surface area contributed by atoms with E-state index in [1.54, 1.807) is 17.3 Å². The second-order valence-corrected chi connectivity index (χ2v) is 6.48. The van der Waals surface area contributed by atoms with Crippen molar-refractivity contribution in [2.45, 2.75) is 44.6 Å². The first-order valence-electron chi connectivity index (χ1n) is 8.51. The van der Waals surface area contributed by atoms with Gasteiger partial charge in [-0.05, 0) is 38.5 Å². The highest BCUT2D eigenvalue weighted by Gasteiger charge is 2.27. The molecule has 24 heavy (non-hydrogen) atoms. The lowest BCUT2D eigenvalue weighted by Crippen LogP contribution is -2.38. The van der Waals surface area contributed by atoms with Crippen molar-refractivity contribution < 1.29 is 4.79 Å². The molecular formula is C16H21N7O. The molecule has 1 amide bonds. The number of hydrogen-bond donors (Lipinski definition) is 1. The molecule has 8 heteroatoms. The van der Waals surface area contributed by atoms with Crippen molar-refractivity contribution in [2.75, 3.05) is 18.0 Å². The zero-order chi connectivity index (χ0) is 16.5. The van der Waals surface area contributed by atoms with E-state index < -0.39 is 5.91 Å². The molecule has 3 heterocycles. The summed E-state index contributed by atoms with van der Waals surface area (Å²) in [4.78, 5) is 26.5. The second-order valence-electron chi connectivity index (χ2n) is 6.48. The van der Waals surface area contributed by atoms with E-state index in [9.17, 15) is 4.79 Å². The van der Waals surface area contributed by atoms with Gasteiger partial charge in [-0.15, -0.1) is 5.10 Å². The Bertz CT molecular complexity index is 757. The SMILES string of the molecule is NC(=O)c1ncn(C2CCCN(c3ncnc4c3CCCC4)C2)n1. The highest BCUT2D eigenvalue weighted by Crippen LogP contribution is 2.31. The molecule has 2 N–H and O–H groups in total. The Morgan fingerprint density at radius 1 is 1.17 bits per heavy atom. The van der Waals surface area contributed by atoms with Crippen LogP contribution in [0.3, 0.4) is 0 Å². The summed E-state index contributed by atoms with van der Waals surface area (Å²) in [6, 6.07) is 0.175. The predicted molar refractivity (Wildman–Crippen MR) is 87.7 cm³/mol. The topological polar surface area (TPSA) is 103 Å². The van der Waals surface area contributed by atoms with Gasteiger partial charge >= 0.3 is 0 Å². The van der Waals surface area contributed by atoms with Gasteiger partial charge in [-0.1, -0.05) is 0 Å². The van der Waals surface area contributed by atoms with Crippen LogP contribution >= 0.6 is 0 Å². The molecule has 1 aliphatic heterocycles. The Morgan fingerprint density at radius 3 is 2.88 bits per heavy atom. The summed E-state index contributed by atoms with van der Waals surface area (Å²) in [5.74, 6) is 0.553. The number of carbonyl (C=O) groups is 1. The quantitative estimate of drug-likeness (QED) is 0.898. The van der Waals surface area contributed by atoms with E-state index in [1.807, 2.05) is 0 Å². The van der Waals surface area contributed by atoms with Gasteiger partial charge < -0.3 is 10.6 Å². The number of aromatic nitrogens is 5. The molecule has 0 bridgehead atoms. The van der Waals surface area contributed by atoms with E-state index in [0.717, 1.165) is 44.6 Å². The first kappa shape index (κ1) is 15.0. The lowest BCUT2D eigenvalue weighted by Gasteiger charge is -2.35. The summed E-state index contributed by atoms with van der Waals surface area (Å²) in [6.07, 6.45) is 9.86. The van der Waals surface area contributed by atoms with Crippen LogP contribution in [-0.4, -0.2) is 43.7 Å². The summed E-state index contributed by atoms with van der Waals surface area (Å²) < 4.78 is 1.76. The molecule has 1 unspecified atom stereocenters. The van der Waals surface area contributed by atoms with E-state index >= 15 is 0 Å². The molecule has 0 spiro atoms. The maximum Gasteiger partial charge on any atom is 0.288 e. The van der Waals surface area contributed by atoms with Crippen molar-refractivity contribution in [1.29, 1.82) is 0 Å². The van der Waals surface area contributed by atoms with E-state index in [-0.39, 0.29) is 11.9 Å². The molecule has 1 atom stereocenters. The van der Waals surface area contributed by atoms with Gasteiger partial charge in [-0.2, -0.15) is 0 Å². The van der Waals surface area contributed by atoms with Crippen LogP contribution in [0, 0.1) is 0 Å². The highest BCUT2D eigenvalue weighted by molar-refractivity contribution is 5.88. The van der Waals surface area contributed by atoms with Crippen molar-refractivity contribution in [1.82, 2.24) is 24.7 Å². The fourth-order valence-electron chi connectivity index (χ4n) is 3.70. The molecule has 1 fully saturated rings. The minimum absolute atomic E-state index is 0.0755. The summed E-state index contributed by atoms with van der Waals surface area (Å²) in [7, 11) is 0. The van der Waals surface area contributed by atoms with Crippen LogP contribution in [0.5, 0.6) is 0 Å². The third-order valence-electron chi connectivity index (χ3n) is 4.90. The first-order chi connectivity index (χ1) is 11.7. The number of anilines is 1. The summed E-state index contributed by atoms with van der Waals surface area (Å²) in [6.45, 7) is 1.79. The van der Waals surface area contributed by atoms with Crippen LogP contribution in [0.15, 0.2) is 12.7 Å². The van der Waals surface area contributed by atoms with Gasteiger partial charge in [0.2, 0.25) is 5.82 Å². The van der Waals surface area contributed by atoms with Crippen molar-refractivity contribution in [3.63, 3.8) is 0 Å². The Labute approximate surface area is 140 Å². The molecule has 2 aromatic rings. The normalized spacial score (nSPS) is 20.7. The number of primary amides is 1. The Balaban J connectivity index is 1.58. The second kappa shape index (κ2) is 6.18. The van der Waals surface area contributed by atoms with E-state index in [1.165, 1.54) is 24.1 Å². The van der Waals surface area contributed by atoms with Crippen molar-refractivity contribution in [2.24, 2.45) is 5.73 Å². The smallest absolute Gasteiger partial charge is 0.288 e. The molecule has 1 saturated heterocycles. The van der Waals surface area contributed by atoms with Crippen LogP contribution < -0.4 is 10.6 Å². The first-order valence-corrected chi connectivity index (χ1v) is 8.51. The maximum absolute atomic E-state index is 11.2. The number of amides is 1. The number of aryl methyl sites for hydroxylation is 1. The lowest BCUT2D eigenvalue weighted by molar-refractivity contribution is 0.0990. The molecule has 1 aliphatic carbocycles. The van der Waals surface area contributed by atoms with Gasteiger partial charge in [0.15, 0.2) is 0 Å². The molecular weight excluding hydrogens is 306 g/mol. The van der Waals surface area contributed by atoms with E-state index in [4.69, 9.17) is 5.73 Å². The van der Waals surface area contributed by atoms with Crippen LogP contribution in [-0.2, 0) is 12.8 Å². The van der Waals surface area contributed by atoms with Crippen molar-refractivity contribution in [3.05, 3.63) is 29.7 Å². The summed E-state index contributed by atoms with van der Waals surface area (Å²) >= 11 is 0. The number of carbonyl (C=O) groups excluding carboxylic acids is 1. The Hall–Kier alpha value is -2.51.